The molecule has 0 atom stereocenters. The average Bonchev–Trinajstić information content (AvgIpc) is 3.06. The van der Waals surface area contributed by atoms with E-state index in [1.807, 2.05) is 60.9 Å². The molecule has 0 amide bonds. The van der Waals surface area contributed by atoms with Crippen LogP contribution in [0.25, 0.3) is 22.8 Å². The van der Waals surface area contributed by atoms with E-state index in [0.29, 0.717) is 6.54 Å². The molecule has 0 aliphatic carbocycles. The van der Waals surface area contributed by atoms with Crippen LogP contribution < -0.4 is 5.73 Å². The molecule has 0 fully saturated rings. The van der Waals surface area contributed by atoms with Crippen molar-refractivity contribution in [3.8, 4) is 22.8 Å². The Morgan fingerprint density at radius 2 is 1.62 bits per heavy atom. The van der Waals surface area contributed by atoms with Crippen molar-refractivity contribution in [3.63, 3.8) is 0 Å². The van der Waals surface area contributed by atoms with Crippen molar-refractivity contribution in [2.24, 2.45) is 5.73 Å². The van der Waals surface area contributed by atoms with E-state index in [0.717, 1.165) is 34.9 Å². The molecule has 0 saturated heterocycles. The average molecular weight is 314 g/mol. The van der Waals surface area contributed by atoms with Crippen LogP contribution in [0.15, 0.2) is 73.1 Å². The van der Waals surface area contributed by atoms with Gasteiger partial charge in [-0.2, -0.15) is 0 Å². The molecule has 118 valence electrons. The third-order valence-corrected chi connectivity index (χ3v) is 4.05. The first-order valence-electron chi connectivity index (χ1n) is 7.99. The standard InChI is InChI=1S/C20H18N4/c21-12-15-5-4-6-16(11-15)13-24-10-9-18-19(14-24)23-20(22-18)17-7-2-1-3-8-17/h1-11,14H,12-13,21H2. The Kier molecular flexibility index (Phi) is 3.81. The fourth-order valence-corrected chi connectivity index (χ4v) is 2.83. The Balaban J connectivity index is 1.65. The molecule has 4 rings (SSSR count). The van der Waals surface area contributed by atoms with Gasteiger partial charge in [-0.15, -0.1) is 0 Å². The second-order valence-corrected chi connectivity index (χ2v) is 5.82. The molecule has 2 aliphatic heterocycles. The van der Waals surface area contributed by atoms with E-state index in [1.54, 1.807) is 0 Å². The quantitative estimate of drug-likeness (QED) is 0.626. The van der Waals surface area contributed by atoms with Gasteiger partial charge in [0, 0.05) is 31.0 Å². The second-order valence-electron chi connectivity index (χ2n) is 5.82. The molecule has 2 aromatic rings. The molecule has 2 aromatic carbocycles. The SMILES string of the molecule is NCc1cccc(Cn2ccc3nc(-c4ccccc4)nc-3c2)c1. The summed E-state index contributed by atoms with van der Waals surface area (Å²) < 4.78 is 2.13. The smallest absolute Gasteiger partial charge is 0.160 e. The number of nitrogens with two attached hydrogens (primary N) is 1. The monoisotopic (exact) mass is 314 g/mol. The van der Waals surface area contributed by atoms with E-state index < -0.39 is 0 Å². The highest BCUT2D eigenvalue weighted by atomic mass is 15.0. The van der Waals surface area contributed by atoms with Crippen molar-refractivity contribution in [1.82, 2.24) is 14.5 Å². The summed E-state index contributed by atoms with van der Waals surface area (Å²) in [6.07, 6.45) is 4.09. The molecule has 0 unspecified atom stereocenters. The van der Waals surface area contributed by atoms with Crippen LogP contribution in [-0.2, 0) is 13.1 Å². The summed E-state index contributed by atoms with van der Waals surface area (Å²) in [6, 6.07) is 20.4. The molecule has 2 N–H and O–H groups in total. The lowest BCUT2D eigenvalue weighted by Crippen LogP contribution is -2.02. The number of hydrogen-bond acceptors (Lipinski definition) is 3. The Bertz CT molecular complexity index is 927. The van der Waals surface area contributed by atoms with Gasteiger partial charge < -0.3 is 10.3 Å². The van der Waals surface area contributed by atoms with E-state index in [-0.39, 0.29) is 0 Å². The molecule has 4 nitrogen and oxygen atoms in total. The topological polar surface area (TPSA) is 56.7 Å². The van der Waals surface area contributed by atoms with Crippen molar-refractivity contribution in [3.05, 3.63) is 84.2 Å². The zero-order valence-electron chi connectivity index (χ0n) is 13.3. The number of rotatable bonds is 4. The maximum Gasteiger partial charge on any atom is 0.160 e. The lowest BCUT2D eigenvalue weighted by atomic mass is 10.1. The van der Waals surface area contributed by atoms with Crippen LogP contribution in [0.2, 0.25) is 0 Å². The molecule has 0 bridgehead atoms. The minimum atomic E-state index is 0.562. The molecule has 4 heteroatoms. The van der Waals surface area contributed by atoms with Gasteiger partial charge in [-0.1, -0.05) is 54.6 Å². The number of pyridine rings is 1. The van der Waals surface area contributed by atoms with Crippen molar-refractivity contribution < 1.29 is 0 Å². The largest absolute Gasteiger partial charge is 0.348 e. The molecule has 0 spiro atoms. The number of imidazole rings is 1. The normalized spacial score (nSPS) is 11.0. The number of fused-ring (bicyclic) bond motifs is 1. The van der Waals surface area contributed by atoms with E-state index in [4.69, 9.17) is 5.73 Å². The predicted octanol–water partition coefficient (Wildman–Crippen LogP) is 3.56. The van der Waals surface area contributed by atoms with E-state index in [9.17, 15) is 0 Å². The lowest BCUT2D eigenvalue weighted by molar-refractivity contribution is 0.787. The highest BCUT2D eigenvalue weighted by Crippen LogP contribution is 2.24. The fraction of sp³-hybridized carbons (Fsp3) is 0.100. The summed E-state index contributed by atoms with van der Waals surface area (Å²) in [6.45, 7) is 1.35. The second kappa shape index (κ2) is 6.26. The maximum atomic E-state index is 5.72. The first kappa shape index (κ1) is 14.6. The van der Waals surface area contributed by atoms with Crippen LogP contribution in [0, 0.1) is 0 Å². The van der Waals surface area contributed by atoms with Gasteiger partial charge in [-0.05, 0) is 17.2 Å². The van der Waals surface area contributed by atoms with Crippen molar-refractivity contribution >= 4 is 0 Å². The van der Waals surface area contributed by atoms with Crippen molar-refractivity contribution in [1.29, 1.82) is 0 Å². The Morgan fingerprint density at radius 3 is 2.46 bits per heavy atom. The zero-order chi connectivity index (χ0) is 16.4. The minimum Gasteiger partial charge on any atom is -0.348 e. The molecule has 0 radical (unpaired) electrons. The molecule has 2 heterocycles. The van der Waals surface area contributed by atoms with E-state index in [2.05, 4.69) is 26.7 Å². The molecule has 24 heavy (non-hydrogen) atoms. The summed E-state index contributed by atoms with van der Waals surface area (Å²) >= 11 is 0. The van der Waals surface area contributed by atoms with Gasteiger partial charge in [0.1, 0.15) is 5.69 Å². The van der Waals surface area contributed by atoms with Crippen molar-refractivity contribution in [2.45, 2.75) is 13.1 Å². The van der Waals surface area contributed by atoms with E-state index >= 15 is 0 Å². The summed E-state index contributed by atoms with van der Waals surface area (Å²) in [5.74, 6) is 0.772. The van der Waals surface area contributed by atoms with Gasteiger partial charge in [0.15, 0.2) is 5.82 Å². The summed E-state index contributed by atoms with van der Waals surface area (Å²) in [5.41, 5.74) is 11.0. The number of nitrogens with zero attached hydrogens (tertiary/aromatic N) is 3. The molecule has 2 aliphatic rings. The zero-order valence-corrected chi connectivity index (χ0v) is 13.3. The highest BCUT2D eigenvalue weighted by Gasteiger charge is 2.12. The predicted molar refractivity (Wildman–Crippen MR) is 95.5 cm³/mol. The fourth-order valence-electron chi connectivity index (χ4n) is 2.83. The van der Waals surface area contributed by atoms with Gasteiger partial charge in [0.2, 0.25) is 0 Å². The lowest BCUT2D eigenvalue weighted by Gasteiger charge is -2.09. The van der Waals surface area contributed by atoms with Gasteiger partial charge >= 0.3 is 0 Å². The summed E-state index contributed by atoms with van der Waals surface area (Å²) in [4.78, 5) is 9.28. The van der Waals surface area contributed by atoms with Crippen LogP contribution in [0.5, 0.6) is 0 Å². The molecule has 0 aromatic heterocycles. The summed E-state index contributed by atoms with van der Waals surface area (Å²) in [5, 5.41) is 0. The first-order chi connectivity index (χ1) is 11.8. The van der Waals surface area contributed by atoms with Gasteiger partial charge in [0.05, 0.1) is 5.69 Å². The van der Waals surface area contributed by atoms with Crippen LogP contribution >= 0.6 is 0 Å². The Hall–Kier alpha value is -2.98. The van der Waals surface area contributed by atoms with Crippen LogP contribution in [-0.4, -0.2) is 14.5 Å². The van der Waals surface area contributed by atoms with Gasteiger partial charge in [-0.3, -0.25) is 0 Å². The number of hydrogen-bond donors (Lipinski definition) is 1. The highest BCUT2D eigenvalue weighted by molar-refractivity contribution is 5.65. The Morgan fingerprint density at radius 1 is 0.833 bits per heavy atom. The molecular formula is C20H18N4. The third-order valence-electron chi connectivity index (χ3n) is 4.05. The summed E-state index contributed by atoms with van der Waals surface area (Å²) in [7, 11) is 0. The first-order valence-corrected chi connectivity index (χ1v) is 7.99. The molecular weight excluding hydrogens is 296 g/mol. The Labute approximate surface area is 141 Å². The number of aromatic nitrogens is 3. The third kappa shape index (κ3) is 2.92. The maximum absolute atomic E-state index is 5.72. The van der Waals surface area contributed by atoms with Crippen molar-refractivity contribution in [2.75, 3.05) is 0 Å². The van der Waals surface area contributed by atoms with E-state index in [1.165, 1.54) is 5.56 Å². The van der Waals surface area contributed by atoms with Crippen LogP contribution in [0.1, 0.15) is 11.1 Å². The minimum absolute atomic E-state index is 0.562. The molecule has 0 saturated carbocycles. The van der Waals surface area contributed by atoms with Crippen LogP contribution in [0.3, 0.4) is 0 Å². The van der Waals surface area contributed by atoms with Gasteiger partial charge in [-0.25, -0.2) is 9.97 Å². The van der Waals surface area contributed by atoms with Gasteiger partial charge in [0.25, 0.3) is 0 Å². The van der Waals surface area contributed by atoms with Crippen LogP contribution in [0.4, 0.5) is 0 Å². The number of benzene rings is 2.